The second-order valence-electron chi connectivity index (χ2n) is 2.83. The number of hydrogen-bond donors (Lipinski definition) is 1. The molecule has 1 amide bonds. The Bertz CT molecular complexity index is 296. The van der Waals surface area contributed by atoms with Crippen molar-refractivity contribution in [2.45, 2.75) is 19.9 Å². The van der Waals surface area contributed by atoms with Crippen LogP contribution in [0.5, 0.6) is 0 Å². The van der Waals surface area contributed by atoms with E-state index in [-0.39, 0.29) is 17.8 Å². The number of alkyl halides is 1. The van der Waals surface area contributed by atoms with E-state index in [2.05, 4.69) is 15.5 Å². The van der Waals surface area contributed by atoms with Gasteiger partial charge in [0, 0.05) is 0 Å². The number of carbonyl (C=O) groups is 1. The van der Waals surface area contributed by atoms with Gasteiger partial charge in [-0.2, -0.15) is 9.90 Å². The van der Waals surface area contributed by atoms with E-state index in [1.165, 1.54) is 11.0 Å². The molecule has 72 valence electrons. The quantitative estimate of drug-likeness (QED) is 0.745. The second-order valence-corrected chi connectivity index (χ2v) is 3.09. The summed E-state index contributed by atoms with van der Waals surface area (Å²) in [5.41, 5.74) is 0. The van der Waals surface area contributed by atoms with Gasteiger partial charge in [-0.3, -0.25) is 4.79 Å². The zero-order valence-corrected chi connectivity index (χ0v) is 8.25. The molecule has 0 fully saturated rings. The number of amides is 1. The molecule has 0 atom stereocenters. The first-order valence-corrected chi connectivity index (χ1v) is 4.44. The van der Waals surface area contributed by atoms with E-state index in [4.69, 9.17) is 11.6 Å². The number of nitrogens with one attached hydrogen (secondary N) is 1. The number of hydrogen-bond acceptors (Lipinski definition) is 3. The van der Waals surface area contributed by atoms with Crippen molar-refractivity contribution in [3.8, 4) is 0 Å². The average Bonchev–Trinajstić information content (AvgIpc) is 2.52. The SMILES string of the molecule is CC(C)n1ncc(NC(=O)CCl)n1. The van der Waals surface area contributed by atoms with E-state index < -0.39 is 0 Å². The average molecular weight is 203 g/mol. The smallest absolute Gasteiger partial charge is 0.240 e. The number of nitrogens with zero attached hydrogens (tertiary/aromatic N) is 3. The van der Waals surface area contributed by atoms with Gasteiger partial charge in [-0.05, 0) is 13.8 Å². The first kappa shape index (κ1) is 9.98. The predicted octanol–water partition coefficient (Wildman–Crippen LogP) is 1.04. The summed E-state index contributed by atoms with van der Waals surface area (Å²) in [6.07, 6.45) is 1.49. The fourth-order valence-electron chi connectivity index (χ4n) is 0.758. The van der Waals surface area contributed by atoms with Gasteiger partial charge in [-0.25, -0.2) is 0 Å². The van der Waals surface area contributed by atoms with Gasteiger partial charge < -0.3 is 5.32 Å². The third kappa shape index (κ3) is 2.69. The molecule has 1 rings (SSSR count). The maximum Gasteiger partial charge on any atom is 0.240 e. The van der Waals surface area contributed by atoms with Crippen LogP contribution >= 0.6 is 11.6 Å². The van der Waals surface area contributed by atoms with E-state index in [1.807, 2.05) is 13.8 Å². The molecule has 1 aromatic heterocycles. The van der Waals surface area contributed by atoms with Crippen molar-refractivity contribution in [1.29, 1.82) is 0 Å². The van der Waals surface area contributed by atoms with Crippen molar-refractivity contribution in [3.05, 3.63) is 6.20 Å². The molecule has 13 heavy (non-hydrogen) atoms. The molecule has 0 saturated carbocycles. The van der Waals surface area contributed by atoms with Crippen molar-refractivity contribution in [1.82, 2.24) is 15.0 Å². The van der Waals surface area contributed by atoms with Gasteiger partial charge in [0.1, 0.15) is 5.88 Å². The highest BCUT2D eigenvalue weighted by atomic mass is 35.5. The van der Waals surface area contributed by atoms with Crippen LogP contribution in [0.15, 0.2) is 6.20 Å². The highest BCUT2D eigenvalue weighted by molar-refractivity contribution is 6.28. The van der Waals surface area contributed by atoms with Crippen molar-refractivity contribution in [2.75, 3.05) is 11.2 Å². The zero-order valence-electron chi connectivity index (χ0n) is 7.49. The van der Waals surface area contributed by atoms with Gasteiger partial charge in [0.25, 0.3) is 0 Å². The molecule has 5 nitrogen and oxygen atoms in total. The summed E-state index contributed by atoms with van der Waals surface area (Å²) in [7, 11) is 0. The Morgan fingerprint density at radius 2 is 2.46 bits per heavy atom. The first-order valence-electron chi connectivity index (χ1n) is 3.91. The lowest BCUT2D eigenvalue weighted by molar-refractivity contribution is -0.113. The van der Waals surface area contributed by atoms with Gasteiger partial charge in [0.2, 0.25) is 5.91 Å². The Morgan fingerprint density at radius 3 is 2.92 bits per heavy atom. The van der Waals surface area contributed by atoms with Crippen LogP contribution in [0.25, 0.3) is 0 Å². The van der Waals surface area contributed by atoms with Gasteiger partial charge in [0.05, 0.1) is 12.2 Å². The number of carbonyl (C=O) groups excluding carboxylic acids is 1. The molecule has 0 aliphatic heterocycles. The highest BCUT2D eigenvalue weighted by Crippen LogP contribution is 2.04. The van der Waals surface area contributed by atoms with Crippen molar-refractivity contribution in [3.63, 3.8) is 0 Å². The van der Waals surface area contributed by atoms with Crippen LogP contribution in [0.3, 0.4) is 0 Å². The molecule has 1 heterocycles. The molecular weight excluding hydrogens is 192 g/mol. The van der Waals surface area contributed by atoms with E-state index >= 15 is 0 Å². The molecule has 0 unspecified atom stereocenters. The lowest BCUT2D eigenvalue weighted by Gasteiger charge is -2.01. The van der Waals surface area contributed by atoms with Gasteiger partial charge >= 0.3 is 0 Å². The predicted molar refractivity (Wildman–Crippen MR) is 49.8 cm³/mol. The van der Waals surface area contributed by atoms with Crippen LogP contribution in [-0.2, 0) is 4.79 Å². The van der Waals surface area contributed by atoms with Crippen molar-refractivity contribution >= 4 is 23.3 Å². The number of rotatable bonds is 3. The molecule has 0 aliphatic rings. The molecular formula is C7H11ClN4O. The molecule has 1 aromatic rings. The first-order chi connectivity index (χ1) is 6.13. The molecule has 0 bridgehead atoms. The maximum absolute atomic E-state index is 10.8. The summed E-state index contributed by atoms with van der Waals surface area (Å²) >= 11 is 5.30. The normalized spacial score (nSPS) is 10.5. The van der Waals surface area contributed by atoms with E-state index in [0.29, 0.717) is 5.82 Å². The zero-order chi connectivity index (χ0) is 9.84. The molecule has 0 aromatic carbocycles. The fourth-order valence-corrected chi connectivity index (χ4v) is 0.825. The van der Waals surface area contributed by atoms with Crippen molar-refractivity contribution in [2.24, 2.45) is 0 Å². The van der Waals surface area contributed by atoms with Crippen LogP contribution < -0.4 is 5.32 Å². The minimum absolute atomic E-state index is 0.0749. The summed E-state index contributed by atoms with van der Waals surface area (Å²) in [4.78, 5) is 12.4. The Balaban J connectivity index is 2.64. The standard InChI is InChI=1S/C7H11ClN4O/c1-5(2)12-9-4-6(11-12)10-7(13)3-8/h4-5H,3H2,1-2H3,(H,10,11,13). The van der Waals surface area contributed by atoms with Gasteiger partial charge in [0.15, 0.2) is 5.82 Å². The highest BCUT2D eigenvalue weighted by Gasteiger charge is 2.05. The minimum atomic E-state index is -0.280. The van der Waals surface area contributed by atoms with Crippen LogP contribution in [0.1, 0.15) is 19.9 Å². The van der Waals surface area contributed by atoms with Gasteiger partial charge in [-0.1, -0.05) is 0 Å². The Labute approximate surface area is 81.1 Å². The Hall–Kier alpha value is -1.10. The third-order valence-electron chi connectivity index (χ3n) is 1.36. The van der Waals surface area contributed by atoms with Crippen LogP contribution in [0, 0.1) is 0 Å². The summed E-state index contributed by atoms with van der Waals surface area (Å²) in [5.74, 6) is 0.0750. The minimum Gasteiger partial charge on any atom is -0.307 e. The molecule has 0 spiro atoms. The topological polar surface area (TPSA) is 59.8 Å². The number of aromatic nitrogens is 3. The van der Waals surface area contributed by atoms with Crippen LogP contribution in [0.2, 0.25) is 0 Å². The second kappa shape index (κ2) is 4.23. The Morgan fingerprint density at radius 1 is 1.77 bits per heavy atom. The summed E-state index contributed by atoms with van der Waals surface area (Å²) in [5, 5.41) is 10.5. The third-order valence-corrected chi connectivity index (χ3v) is 1.60. The van der Waals surface area contributed by atoms with Crippen molar-refractivity contribution < 1.29 is 4.79 Å². The van der Waals surface area contributed by atoms with E-state index in [1.54, 1.807) is 0 Å². The number of anilines is 1. The lowest BCUT2D eigenvalue weighted by atomic mass is 10.4. The Kier molecular flexibility index (Phi) is 3.25. The molecule has 0 saturated heterocycles. The molecule has 0 radical (unpaired) electrons. The summed E-state index contributed by atoms with van der Waals surface area (Å²) in [6.45, 7) is 3.90. The van der Waals surface area contributed by atoms with Crippen LogP contribution in [-0.4, -0.2) is 26.8 Å². The molecule has 0 aliphatic carbocycles. The maximum atomic E-state index is 10.8. The van der Waals surface area contributed by atoms with E-state index in [9.17, 15) is 4.79 Å². The fraction of sp³-hybridized carbons (Fsp3) is 0.571. The lowest BCUT2D eigenvalue weighted by Crippen LogP contribution is -2.13. The van der Waals surface area contributed by atoms with E-state index in [0.717, 1.165) is 0 Å². The van der Waals surface area contributed by atoms with Crippen LogP contribution in [0.4, 0.5) is 5.82 Å². The van der Waals surface area contributed by atoms with Gasteiger partial charge in [-0.15, -0.1) is 16.7 Å². The monoisotopic (exact) mass is 202 g/mol. The summed E-state index contributed by atoms with van der Waals surface area (Å²) in [6, 6.07) is 0.182. The molecule has 6 heteroatoms. The number of halogens is 1. The largest absolute Gasteiger partial charge is 0.307 e. The molecule has 1 N–H and O–H groups in total. The summed E-state index contributed by atoms with van der Waals surface area (Å²) < 4.78 is 0.